The molecule has 158 valence electrons. The molecule has 1 aromatic heterocycles. The first kappa shape index (κ1) is 20.7. The first-order chi connectivity index (χ1) is 14.4. The molecular formula is C22H25FN4O2S. The Morgan fingerprint density at radius 2 is 1.97 bits per heavy atom. The van der Waals surface area contributed by atoms with Crippen molar-refractivity contribution in [2.75, 3.05) is 6.54 Å². The lowest BCUT2D eigenvalue weighted by Crippen LogP contribution is -2.36. The second-order valence-corrected chi connectivity index (χ2v) is 9.58. The normalized spacial score (nSPS) is 17.5. The number of aryl methyl sites for hydroxylation is 2. The molecule has 2 aromatic carbocycles. The minimum Gasteiger partial charge on any atom is -0.313 e. The lowest BCUT2D eigenvalue weighted by atomic mass is 10.1. The van der Waals surface area contributed by atoms with Crippen LogP contribution in [0.4, 0.5) is 4.39 Å². The van der Waals surface area contributed by atoms with E-state index in [-0.39, 0.29) is 10.9 Å². The zero-order chi connectivity index (χ0) is 21.1. The fraction of sp³-hybridized carbons (Fsp3) is 0.364. The van der Waals surface area contributed by atoms with Crippen molar-refractivity contribution in [1.82, 2.24) is 19.1 Å². The van der Waals surface area contributed by atoms with Gasteiger partial charge in [0, 0.05) is 19.0 Å². The Labute approximate surface area is 176 Å². The molecule has 6 nitrogen and oxygen atoms in total. The average molecular weight is 429 g/mol. The smallest absolute Gasteiger partial charge is 0.243 e. The van der Waals surface area contributed by atoms with E-state index < -0.39 is 15.8 Å². The third-order valence-electron chi connectivity index (χ3n) is 5.65. The molecule has 1 aliphatic heterocycles. The summed E-state index contributed by atoms with van der Waals surface area (Å²) in [4.78, 5) is 0.0571. The van der Waals surface area contributed by atoms with Gasteiger partial charge in [-0.3, -0.25) is 0 Å². The van der Waals surface area contributed by atoms with Gasteiger partial charge in [-0.05, 0) is 49.4 Å². The number of hydrogen-bond acceptors (Lipinski definition) is 4. The zero-order valence-electron chi connectivity index (χ0n) is 16.9. The molecule has 0 radical (unpaired) electrons. The van der Waals surface area contributed by atoms with Crippen molar-refractivity contribution in [2.45, 2.75) is 50.1 Å². The summed E-state index contributed by atoms with van der Waals surface area (Å²) >= 11 is 0. The Kier molecular flexibility index (Phi) is 5.97. The van der Waals surface area contributed by atoms with Gasteiger partial charge in [-0.1, -0.05) is 36.4 Å². The molecule has 4 rings (SSSR count). The summed E-state index contributed by atoms with van der Waals surface area (Å²) in [7, 11) is -3.74. The van der Waals surface area contributed by atoms with Gasteiger partial charge in [0.1, 0.15) is 18.0 Å². The summed E-state index contributed by atoms with van der Waals surface area (Å²) in [6.07, 6.45) is 4.59. The van der Waals surface area contributed by atoms with Crippen molar-refractivity contribution in [2.24, 2.45) is 0 Å². The van der Waals surface area contributed by atoms with Crippen LogP contribution in [0.3, 0.4) is 0 Å². The zero-order valence-corrected chi connectivity index (χ0v) is 17.7. The summed E-state index contributed by atoms with van der Waals surface area (Å²) in [6.45, 7) is 2.83. The second kappa shape index (κ2) is 8.65. The number of benzene rings is 2. The van der Waals surface area contributed by atoms with E-state index >= 15 is 0 Å². The van der Waals surface area contributed by atoms with Gasteiger partial charge < -0.3 is 4.57 Å². The number of sulfonamides is 1. The van der Waals surface area contributed by atoms with Crippen molar-refractivity contribution >= 4 is 10.0 Å². The van der Waals surface area contributed by atoms with E-state index in [1.807, 2.05) is 22.8 Å². The standard InChI is InChI=1S/C22H25FN4O2S/c1-17-9-10-19(23)14-21(17)30(28,29)27-13-5-8-20(27)11-12-22-25-24-16-26(22)15-18-6-3-2-4-7-18/h2-4,6-7,9-10,14,16,20H,5,8,11-13,15H2,1H3. The Bertz CT molecular complexity index is 1120. The molecule has 1 atom stereocenters. The molecule has 8 heteroatoms. The third kappa shape index (κ3) is 4.29. The lowest BCUT2D eigenvalue weighted by Gasteiger charge is -2.25. The highest BCUT2D eigenvalue weighted by Crippen LogP contribution is 2.30. The quantitative estimate of drug-likeness (QED) is 0.577. The molecule has 1 fully saturated rings. The Balaban J connectivity index is 1.48. The van der Waals surface area contributed by atoms with Gasteiger partial charge in [-0.2, -0.15) is 4.31 Å². The van der Waals surface area contributed by atoms with Crippen molar-refractivity contribution in [3.63, 3.8) is 0 Å². The van der Waals surface area contributed by atoms with Crippen LogP contribution in [0.5, 0.6) is 0 Å². The Morgan fingerprint density at radius 1 is 1.17 bits per heavy atom. The van der Waals surface area contributed by atoms with Gasteiger partial charge in [0.25, 0.3) is 0 Å². The minimum atomic E-state index is -3.74. The number of hydrogen-bond donors (Lipinski definition) is 0. The van der Waals surface area contributed by atoms with E-state index in [4.69, 9.17) is 0 Å². The molecule has 30 heavy (non-hydrogen) atoms. The predicted octanol–water partition coefficient (Wildman–Crippen LogP) is 3.56. The van der Waals surface area contributed by atoms with Gasteiger partial charge in [-0.15, -0.1) is 10.2 Å². The number of rotatable bonds is 7. The first-order valence-corrected chi connectivity index (χ1v) is 11.6. The van der Waals surface area contributed by atoms with E-state index in [0.29, 0.717) is 31.5 Å². The van der Waals surface area contributed by atoms with Crippen molar-refractivity contribution in [3.05, 3.63) is 77.6 Å². The van der Waals surface area contributed by atoms with Gasteiger partial charge in [0.2, 0.25) is 10.0 Å². The van der Waals surface area contributed by atoms with Crippen molar-refractivity contribution in [1.29, 1.82) is 0 Å². The first-order valence-electron chi connectivity index (χ1n) is 10.1. The van der Waals surface area contributed by atoms with Crippen LogP contribution in [0.25, 0.3) is 0 Å². The Hall–Kier alpha value is -2.58. The molecule has 3 aromatic rings. The maximum Gasteiger partial charge on any atom is 0.243 e. The molecule has 0 bridgehead atoms. The third-order valence-corrected chi connectivity index (χ3v) is 7.75. The van der Waals surface area contributed by atoms with Crippen LogP contribution in [0, 0.1) is 12.7 Å². The fourth-order valence-electron chi connectivity index (χ4n) is 4.07. The van der Waals surface area contributed by atoms with E-state index in [2.05, 4.69) is 22.3 Å². The molecule has 0 N–H and O–H groups in total. The van der Waals surface area contributed by atoms with Crippen molar-refractivity contribution < 1.29 is 12.8 Å². The lowest BCUT2D eigenvalue weighted by molar-refractivity contribution is 0.367. The summed E-state index contributed by atoms with van der Waals surface area (Å²) in [5, 5.41) is 8.28. The number of aromatic nitrogens is 3. The van der Waals surface area contributed by atoms with Crippen LogP contribution in [-0.4, -0.2) is 40.1 Å². The molecule has 2 heterocycles. The SMILES string of the molecule is Cc1ccc(F)cc1S(=O)(=O)N1CCCC1CCc1nncn1Cc1ccccc1. The summed E-state index contributed by atoms with van der Waals surface area (Å²) in [6, 6.07) is 13.9. The largest absolute Gasteiger partial charge is 0.313 e. The fourth-order valence-corrected chi connectivity index (χ4v) is 6.03. The summed E-state index contributed by atoms with van der Waals surface area (Å²) < 4.78 is 43.7. The molecule has 1 aliphatic rings. The molecule has 0 amide bonds. The highest BCUT2D eigenvalue weighted by molar-refractivity contribution is 7.89. The molecule has 1 saturated heterocycles. The van der Waals surface area contributed by atoms with Crippen LogP contribution < -0.4 is 0 Å². The van der Waals surface area contributed by atoms with Gasteiger partial charge >= 0.3 is 0 Å². The number of halogens is 1. The molecule has 0 aliphatic carbocycles. The second-order valence-electron chi connectivity index (χ2n) is 7.72. The maximum atomic E-state index is 13.7. The van der Waals surface area contributed by atoms with Gasteiger partial charge in [0.15, 0.2) is 0 Å². The average Bonchev–Trinajstić information content (AvgIpc) is 3.38. The van der Waals surface area contributed by atoms with E-state index in [1.165, 1.54) is 16.4 Å². The molecule has 1 unspecified atom stereocenters. The van der Waals surface area contributed by atoms with Gasteiger partial charge in [0.05, 0.1) is 11.4 Å². The summed E-state index contributed by atoms with van der Waals surface area (Å²) in [5.41, 5.74) is 1.72. The highest BCUT2D eigenvalue weighted by Gasteiger charge is 2.36. The van der Waals surface area contributed by atoms with Crippen LogP contribution in [0.15, 0.2) is 59.8 Å². The summed E-state index contributed by atoms with van der Waals surface area (Å²) in [5.74, 6) is 0.300. The highest BCUT2D eigenvalue weighted by atomic mass is 32.2. The molecule has 0 spiro atoms. The molecule has 0 saturated carbocycles. The van der Waals surface area contributed by atoms with Crippen LogP contribution in [-0.2, 0) is 23.0 Å². The monoisotopic (exact) mass is 428 g/mol. The topological polar surface area (TPSA) is 68.1 Å². The predicted molar refractivity (Wildman–Crippen MR) is 112 cm³/mol. The maximum absolute atomic E-state index is 13.7. The van der Waals surface area contributed by atoms with E-state index in [1.54, 1.807) is 13.3 Å². The minimum absolute atomic E-state index is 0.0571. The van der Waals surface area contributed by atoms with Crippen molar-refractivity contribution in [3.8, 4) is 0 Å². The van der Waals surface area contributed by atoms with E-state index in [0.717, 1.165) is 30.3 Å². The van der Waals surface area contributed by atoms with Crippen LogP contribution >= 0.6 is 0 Å². The number of nitrogens with zero attached hydrogens (tertiary/aromatic N) is 4. The van der Waals surface area contributed by atoms with E-state index in [9.17, 15) is 12.8 Å². The molecular weight excluding hydrogens is 403 g/mol. The Morgan fingerprint density at radius 3 is 2.77 bits per heavy atom. The van der Waals surface area contributed by atoms with Gasteiger partial charge in [-0.25, -0.2) is 12.8 Å². The van der Waals surface area contributed by atoms with Crippen LogP contribution in [0.1, 0.15) is 36.2 Å². The van der Waals surface area contributed by atoms with Crippen LogP contribution in [0.2, 0.25) is 0 Å².